The van der Waals surface area contributed by atoms with Crippen LogP contribution in [0.5, 0.6) is 0 Å². The van der Waals surface area contributed by atoms with Crippen LogP contribution in [0.2, 0.25) is 0 Å². The van der Waals surface area contributed by atoms with Gasteiger partial charge in [-0.2, -0.15) is 0 Å². The van der Waals surface area contributed by atoms with Crippen molar-refractivity contribution >= 4 is 17.5 Å². The number of allylic oxidation sites excluding steroid dienone is 4. The van der Waals surface area contributed by atoms with E-state index in [1.54, 1.807) is 61.5 Å². The van der Waals surface area contributed by atoms with Crippen LogP contribution in [0.25, 0.3) is 0 Å². The number of Topliss-reactive ketones (excluding diaryl/α,β-unsaturated/α-hetero) is 1. The second kappa shape index (κ2) is 24.4. The summed E-state index contributed by atoms with van der Waals surface area (Å²) in [7, 11) is 5.21. The van der Waals surface area contributed by atoms with Gasteiger partial charge in [-0.3, -0.25) is 19.3 Å². The van der Waals surface area contributed by atoms with Gasteiger partial charge in [0.1, 0.15) is 35.6 Å². The quantitative estimate of drug-likeness (QED) is 0.0905. The van der Waals surface area contributed by atoms with Crippen LogP contribution in [-0.4, -0.2) is 205 Å². The summed E-state index contributed by atoms with van der Waals surface area (Å²) in [5.41, 5.74) is -10.5. The first-order chi connectivity index (χ1) is 37.5. The van der Waals surface area contributed by atoms with E-state index in [4.69, 9.17) is 28.4 Å². The Hall–Kier alpha value is -2.34. The topological polar surface area (TPSA) is 255 Å². The van der Waals surface area contributed by atoms with Crippen LogP contribution in [-0.2, 0) is 42.8 Å². The smallest absolute Gasteiger partial charge is 0.311 e. The van der Waals surface area contributed by atoms with Crippen LogP contribution >= 0.6 is 0 Å². The van der Waals surface area contributed by atoms with E-state index in [0.29, 0.717) is 50.6 Å². The van der Waals surface area contributed by atoms with Crippen molar-refractivity contribution in [2.75, 3.05) is 34.3 Å². The fraction of sp³-hybridized carbons (Fsp3) is 0.887. The second-order valence-electron chi connectivity index (χ2n) is 27.8. The minimum atomic E-state index is -2.11. The number of methoxy groups -OCH3 is 1. The van der Waals surface area contributed by atoms with Gasteiger partial charge in [0, 0.05) is 61.2 Å². The first kappa shape index (κ1) is 66.2. The highest BCUT2D eigenvalue weighted by Gasteiger charge is 2.75. The van der Waals surface area contributed by atoms with Crippen molar-refractivity contribution in [3.05, 3.63) is 23.8 Å². The molecule has 19 heteroatoms. The number of rotatable bonds is 13. The van der Waals surface area contributed by atoms with E-state index < -0.39 is 142 Å². The predicted octanol–water partition coefficient (Wildman–Crippen LogP) is 5.36. The van der Waals surface area contributed by atoms with Gasteiger partial charge in [-0.1, -0.05) is 46.3 Å². The molecule has 4 aliphatic carbocycles. The van der Waals surface area contributed by atoms with E-state index in [9.17, 15) is 50.1 Å². The number of likely N-dealkylation sites (N-methyl/N-ethyl adjacent to an activating group) is 1. The third-order valence-corrected chi connectivity index (χ3v) is 21.8. The second-order valence-corrected chi connectivity index (χ2v) is 27.8. The largest absolute Gasteiger partial charge is 0.459 e. The molecule has 26 atom stereocenters. The maximum Gasteiger partial charge on any atom is 0.311 e. The van der Waals surface area contributed by atoms with E-state index in [2.05, 4.69) is 0 Å². The number of esters is 1. The molecular weight excluding hydrogens is 1050 g/mol. The summed E-state index contributed by atoms with van der Waals surface area (Å²) in [5.74, 6) is -5.29. The van der Waals surface area contributed by atoms with Gasteiger partial charge in [-0.25, -0.2) is 4.39 Å². The molecule has 464 valence electrons. The average Bonchev–Trinajstić information content (AvgIpc) is 2.79. The Kier molecular flexibility index (Phi) is 20.0. The Balaban J connectivity index is 1.16. The summed E-state index contributed by atoms with van der Waals surface area (Å²) in [6.07, 6.45) is -4.92. The van der Waals surface area contributed by atoms with E-state index in [0.717, 1.165) is 0 Å². The van der Waals surface area contributed by atoms with E-state index >= 15 is 4.39 Å². The molecule has 0 aromatic rings. The van der Waals surface area contributed by atoms with Crippen molar-refractivity contribution in [3.63, 3.8) is 0 Å². The summed E-state index contributed by atoms with van der Waals surface area (Å²) >= 11 is 0. The lowest BCUT2D eigenvalue weighted by Gasteiger charge is -2.62. The number of cyclic esters (lactones) is 1. The molecule has 81 heavy (non-hydrogen) atoms. The standard InChI is InChI=1S/C62H103FN2O16/c1-17-47-60(13,74)51(70)38(7)65(25-19-18-20-45(67)62(75)34(3)26-43-42-22-21-40-28-41(66)23-24-56(40,9)61(42,63)46(68)30-57(43,62)10)32-33(2)29-58(11,73)53(81-55-49(69)44(64(14)15)27-35(4)77-55)36(5)50(37(6)54(72)79-47)80-48-31-59(12,76-16)52(71)39(8)78-48/h23-24,28,33-39,42-44,46-53,55,68-71,73-75H,17-22,25-27,29-32H2,1-16H3/t33-,34-,35-,36+,37-,38-,39?,42?,43?,44-,46+,47-,48-,49-,50+,51-,52-,53-,55+,56+,57+,58-,59+,60-,61+,62+/m1/s1. The fourth-order valence-electron chi connectivity index (χ4n) is 16.8. The first-order valence-electron chi connectivity index (χ1n) is 30.3. The maximum atomic E-state index is 17.9. The number of carbonyl (C=O) groups is 3. The highest BCUT2D eigenvalue weighted by atomic mass is 19.1. The van der Waals surface area contributed by atoms with Crippen LogP contribution < -0.4 is 0 Å². The van der Waals surface area contributed by atoms with E-state index in [-0.39, 0.29) is 68.3 Å². The number of aliphatic hydroxyl groups excluding tert-OH is 4. The average molecular weight is 1150 g/mol. The highest BCUT2D eigenvalue weighted by Crippen LogP contribution is 2.71. The molecule has 3 saturated heterocycles. The molecule has 0 amide bonds. The molecule has 3 aliphatic heterocycles. The molecule has 0 bridgehead atoms. The predicted molar refractivity (Wildman–Crippen MR) is 300 cm³/mol. The van der Waals surface area contributed by atoms with Crippen molar-refractivity contribution in [1.82, 2.24) is 9.80 Å². The highest BCUT2D eigenvalue weighted by molar-refractivity contribution is 6.01. The lowest BCUT2D eigenvalue weighted by atomic mass is 9.44. The molecule has 0 spiro atoms. The Labute approximate surface area is 481 Å². The number of hydrogen-bond donors (Lipinski definition) is 7. The maximum absolute atomic E-state index is 17.9. The number of hydrogen-bond acceptors (Lipinski definition) is 18. The lowest BCUT2D eigenvalue weighted by molar-refractivity contribution is -0.318. The summed E-state index contributed by atoms with van der Waals surface area (Å²) in [5, 5.41) is 85.6. The zero-order valence-corrected chi connectivity index (χ0v) is 51.5. The number of unbranched alkanes of at least 4 members (excludes halogenated alkanes) is 1. The molecule has 3 saturated carbocycles. The Morgan fingerprint density at radius 2 is 1.54 bits per heavy atom. The Morgan fingerprint density at radius 3 is 2.17 bits per heavy atom. The SMILES string of the molecule is CC[C@H]1OC(=O)[C@H](C)[C@@H](O[C@@H]2C[C@](C)(OC)[C@H](O)C(C)O2)[C@H](C)[C@@H](O[C@@H]2O[C@H](C)C[C@@H](N(C)C)[C@H]2O)[C@](C)(O)C[C@@H](C)CN(CCCCC(=O)[C@@]2(O)[C@H](C)CC3C4CCC5=CC(=O)C=C[C@]5(C)[C@@]4(F)[C@@H](O)C[C@@]32C)[C@H](C)[C@@H](O)[C@]1(C)O. The number of fused-ring (bicyclic) bond motifs is 5. The minimum absolute atomic E-state index is 0.0163. The third kappa shape index (κ3) is 11.9. The molecule has 18 nitrogen and oxygen atoms in total. The van der Waals surface area contributed by atoms with Gasteiger partial charge in [-0.05, 0) is 164 Å². The first-order valence-corrected chi connectivity index (χ1v) is 30.3. The number of carbonyl (C=O) groups excluding carboxylic acids is 3. The van der Waals surface area contributed by atoms with Gasteiger partial charge >= 0.3 is 5.97 Å². The number of ether oxygens (including phenoxy) is 6. The third-order valence-electron chi connectivity index (χ3n) is 21.8. The van der Waals surface area contributed by atoms with Crippen LogP contribution in [0, 0.1) is 46.3 Å². The lowest BCUT2D eigenvalue weighted by Crippen LogP contribution is -2.69. The monoisotopic (exact) mass is 1150 g/mol. The number of nitrogens with zero attached hydrogens (tertiary/aromatic N) is 2. The molecule has 7 aliphatic rings. The molecule has 3 unspecified atom stereocenters. The fourth-order valence-corrected chi connectivity index (χ4v) is 16.8. The molecule has 0 radical (unpaired) electrons. The van der Waals surface area contributed by atoms with Crippen molar-refractivity contribution in [2.45, 2.75) is 268 Å². The van der Waals surface area contributed by atoms with Crippen molar-refractivity contribution in [1.29, 1.82) is 0 Å². The molecule has 3 heterocycles. The van der Waals surface area contributed by atoms with Gasteiger partial charge in [-0.15, -0.1) is 0 Å². The summed E-state index contributed by atoms with van der Waals surface area (Å²) < 4.78 is 56.2. The van der Waals surface area contributed by atoms with Gasteiger partial charge in [0.25, 0.3) is 0 Å². The summed E-state index contributed by atoms with van der Waals surface area (Å²) in [6.45, 7) is 23.3. The van der Waals surface area contributed by atoms with Crippen LogP contribution in [0.15, 0.2) is 23.8 Å². The van der Waals surface area contributed by atoms with Gasteiger partial charge < -0.3 is 69.1 Å². The molecule has 6 fully saturated rings. The van der Waals surface area contributed by atoms with Crippen molar-refractivity contribution < 1.29 is 82.9 Å². The normalized spacial score (nSPS) is 50.4. The Morgan fingerprint density at radius 1 is 0.877 bits per heavy atom. The number of alkyl halides is 1. The number of halogens is 1. The summed E-state index contributed by atoms with van der Waals surface area (Å²) in [4.78, 5) is 45.8. The molecule has 7 rings (SSSR count). The van der Waals surface area contributed by atoms with Crippen molar-refractivity contribution in [3.8, 4) is 0 Å². The van der Waals surface area contributed by atoms with Gasteiger partial charge in [0.15, 0.2) is 29.8 Å². The zero-order chi connectivity index (χ0) is 60.5. The van der Waals surface area contributed by atoms with Crippen LogP contribution in [0.4, 0.5) is 4.39 Å². The van der Waals surface area contributed by atoms with Crippen molar-refractivity contribution in [2.24, 2.45) is 46.3 Å². The van der Waals surface area contributed by atoms with Crippen LogP contribution in [0.3, 0.4) is 0 Å². The van der Waals surface area contributed by atoms with Gasteiger partial charge in [0.05, 0.1) is 47.6 Å². The molecule has 0 aromatic carbocycles. The number of ketones is 2. The minimum Gasteiger partial charge on any atom is -0.459 e. The van der Waals surface area contributed by atoms with Gasteiger partial charge in [0.2, 0.25) is 0 Å². The summed E-state index contributed by atoms with van der Waals surface area (Å²) in [6, 6.07) is -1.14. The molecular formula is C62H103FN2O16. The van der Waals surface area contributed by atoms with E-state index in [1.807, 2.05) is 51.6 Å². The zero-order valence-electron chi connectivity index (χ0n) is 51.5. The molecule has 7 N–H and O–H groups in total. The Bertz CT molecular complexity index is 2300. The van der Waals surface area contributed by atoms with E-state index in [1.165, 1.54) is 26.2 Å². The van der Waals surface area contributed by atoms with Crippen LogP contribution in [0.1, 0.15) is 161 Å². The molecule has 0 aromatic heterocycles. The number of aliphatic hydroxyl groups is 7.